The van der Waals surface area contributed by atoms with Crippen LogP contribution in [0.3, 0.4) is 0 Å². The zero-order valence-corrected chi connectivity index (χ0v) is 9.56. The van der Waals surface area contributed by atoms with Crippen molar-refractivity contribution in [1.29, 1.82) is 0 Å². The summed E-state index contributed by atoms with van der Waals surface area (Å²) in [5, 5.41) is 8.92. The van der Waals surface area contributed by atoms with Gasteiger partial charge in [-0.1, -0.05) is 0 Å². The molecule has 0 aliphatic carbocycles. The van der Waals surface area contributed by atoms with Crippen LogP contribution in [0.4, 0.5) is 0 Å². The second-order valence-corrected chi connectivity index (χ2v) is 13.0. The third-order valence-corrected chi connectivity index (χ3v) is 6.38. The van der Waals surface area contributed by atoms with Crippen molar-refractivity contribution in [2.24, 2.45) is 0 Å². The maximum absolute atomic E-state index is 8.92. The van der Waals surface area contributed by atoms with Crippen LogP contribution in [0.15, 0.2) is 0 Å². The van der Waals surface area contributed by atoms with Gasteiger partial charge in [-0.2, -0.15) is 0 Å². The molecule has 0 rings (SSSR count). The quantitative estimate of drug-likeness (QED) is 0.665. The van der Waals surface area contributed by atoms with Gasteiger partial charge in [0.15, 0.2) is 16.6 Å². The predicted octanol–water partition coefficient (Wildman–Crippen LogP) is 1.57. The summed E-state index contributed by atoms with van der Waals surface area (Å²) in [6.07, 6.45) is 0.233. The van der Waals surface area contributed by atoms with Gasteiger partial charge in [-0.15, -0.1) is 0 Å². The van der Waals surface area contributed by atoms with Gasteiger partial charge in [-0.05, 0) is 32.7 Å². The van der Waals surface area contributed by atoms with Crippen LogP contribution in [0.5, 0.6) is 0 Å². The number of hydrogen-bond donors (Lipinski definition) is 1. The summed E-state index contributed by atoms with van der Waals surface area (Å²) < 4.78 is 5.80. The highest BCUT2D eigenvalue weighted by Gasteiger charge is 2.28. The van der Waals surface area contributed by atoms with E-state index in [0.717, 1.165) is 0 Å². The Morgan fingerprint density at radius 3 is 1.60 bits per heavy atom. The first kappa shape index (κ1) is 10.4. The summed E-state index contributed by atoms with van der Waals surface area (Å²) in [5.41, 5.74) is 0. The van der Waals surface area contributed by atoms with Crippen molar-refractivity contribution < 1.29 is 9.22 Å². The van der Waals surface area contributed by atoms with Crippen LogP contribution in [0.25, 0.3) is 0 Å². The van der Waals surface area contributed by atoms with E-state index < -0.39 is 16.6 Å². The number of rotatable bonds is 3. The first-order valence-electron chi connectivity index (χ1n) is 3.58. The van der Waals surface area contributed by atoms with Crippen molar-refractivity contribution in [2.45, 2.75) is 32.7 Å². The first-order chi connectivity index (χ1) is 4.27. The SMILES string of the molecule is C[Si](C)(C)O[Si](C)(C)CO. The lowest BCUT2D eigenvalue weighted by molar-refractivity contribution is 0.333. The third-order valence-electron chi connectivity index (χ3n) is 0.963. The Morgan fingerprint density at radius 1 is 1.10 bits per heavy atom. The van der Waals surface area contributed by atoms with E-state index in [2.05, 4.69) is 19.6 Å². The molecule has 0 aliphatic heterocycles. The lowest BCUT2D eigenvalue weighted by Gasteiger charge is -2.29. The molecule has 0 unspecified atom stereocenters. The molecular weight excluding hydrogens is 160 g/mol. The number of aliphatic hydroxyl groups is 1. The summed E-state index contributed by atoms with van der Waals surface area (Å²) in [6, 6.07) is 0. The van der Waals surface area contributed by atoms with Gasteiger partial charge in [-0.25, -0.2) is 0 Å². The van der Waals surface area contributed by atoms with E-state index in [1.54, 1.807) is 0 Å². The van der Waals surface area contributed by atoms with Gasteiger partial charge in [0.2, 0.25) is 0 Å². The Balaban J connectivity index is 3.89. The normalized spacial score (nSPS) is 13.8. The molecular formula is C6H18O2Si2. The van der Waals surface area contributed by atoms with E-state index in [-0.39, 0.29) is 6.23 Å². The van der Waals surface area contributed by atoms with Gasteiger partial charge in [0.1, 0.15) is 0 Å². The highest BCUT2D eigenvalue weighted by Crippen LogP contribution is 2.12. The smallest absolute Gasteiger partial charge is 0.199 e. The highest BCUT2D eigenvalue weighted by molar-refractivity contribution is 6.84. The van der Waals surface area contributed by atoms with Crippen LogP contribution in [-0.2, 0) is 4.12 Å². The maximum Gasteiger partial charge on any atom is 0.199 e. The fourth-order valence-electron chi connectivity index (χ4n) is 0.861. The van der Waals surface area contributed by atoms with Crippen LogP contribution in [-0.4, -0.2) is 28.0 Å². The molecule has 0 aromatic heterocycles. The predicted molar refractivity (Wildman–Crippen MR) is 49.0 cm³/mol. The van der Waals surface area contributed by atoms with Crippen molar-refractivity contribution in [2.75, 3.05) is 6.23 Å². The fraction of sp³-hybridized carbons (Fsp3) is 1.00. The first-order valence-corrected chi connectivity index (χ1v) is 10.1. The number of aliphatic hydroxyl groups excluding tert-OH is 1. The molecule has 0 saturated heterocycles. The monoisotopic (exact) mass is 178 g/mol. The van der Waals surface area contributed by atoms with E-state index in [4.69, 9.17) is 9.22 Å². The van der Waals surface area contributed by atoms with Gasteiger partial charge in [0.05, 0.1) is 6.23 Å². The summed E-state index contributed by atoms with van der Waals surface area (Å²) in [7, 11) is -3.11. The summed E-state index contributed by atoms with van der Waals surface area (Å²) in [4.78, 5) is 0. The minimum absolute atomic E-state index is 0.233. The van der Waals surface area contributed by atoms with E-state index in [1.807, 2.05) is 13.1 Å². The van der Waals surface area contributed by atoms with E-state index in [9.17, 15) is 0 Å². The van der Waals surface area contributed by atoms with Crippen LogP contribution < -0.4 is 0 Å². The standard InChI is InChI=1S/C6H18O2Si2/c1-9(2,3)8-10(4,5)6-7/h7H,6H2,1-5H3. The van der Waals surface area contributed by atoms with Gasteiger partial charge in [0, 0.05) is 0 Å². The molecule has 0 saturated carbocycles. The maximum atomic E-state index is 8.92. The molecule has 0 aromatic carbocycles. The molecule has 0 amide bonds. The summed E-state index contributed by atoms with van der Waals surface area (Å²) in [6.45, 7) is 10.5. The molecule has 4 heteroatoms. The summed E-state index contributed by atoms with van der Waals surface area (Å²) >= 11 is 0. The lowest BCUT2D eigenvalue weighted by Crippen LogP contribution is -2.45. The van der Waals surface area contributed by atoms with Crippen molar-refractivity contribution in [1.82, 2.24) is 0 Å². The molecule has 0 bridgehead atoms. The molecule has 2 nitrogen and oxygen atoms in total. The van der Waals surface area contributed by atoms with Crippen molar-refractivity contribution in [3.05, 3.63) is 0 Å². The van der Waals surface area contributed by atoms with Crippen molar-refractivity contribution >= 4 is 16.6 Å². The molecule has 0 heterocycles. The molecule has 0 radical (unpaired) electrons. The van der Waals surface area contributed by atoms with Crippen LogP contribution in [0.2, 0.25) is 32.7 Å². The average molecular weight is 178 g/mol. The largest absolute Gasteiger partial charge is 0.454 e. The minimum Gasteiger partial charge on any atom is -0.454 e. The Morgan fingerprint density at radius 2 is 1.50 bits per heavy atom. The van der Waals surface area contributed by atoms with Gasteiger partial charge < -0.3 is 9.22 Å². The Kier molecular flexibility index (Phi) is 3.28. The van der Waals surface area contributed by atoms with Gasteiger partial charge in [-0.3, -0.25) is 0 Å². The number of hydrogen-bond acceptors (Lipinski definition) is 2. The van der Waals surface area contributed by atoms with Crippen molar-refractivity contribution in [3.8, 4) is 0 Å². The second-order valence-electron chi connectivity index (χ2n) is 4.13. The third kappa shape index (κ3) is 5.16. The average Bonchev–Trinajstić information content (AvgIpc) is 1.60. The second kappa shape index (κ2) is 3.17. The Bertz CT molecular complexity index is 107. The molecule has 0 fully saturated rings. The van der Waals surface area contributed by atoms with Crippen LogP contribution in [0, 0.1) is 0 Å². The zero-order chi connectivity index (χ0) is 8.41. The highest BCUT2D eigenvalue weighted by atomic mass is 28.4. The summed E-state index contributed by atoms with van der Waals surface area (Å²) in [5.74, 6) is 0. The van der Waals surface area contributed by atoms with Gasteiger partial charge >= 0.3 is 0 Å². The molecule has 1 N–H and O–H groups in total. The Labute approximate surface area is 65.5 Å². The van der Waals surface area contributed by atoms with Crippen LogP contribution in [0.1, 0.15) is 0 Å². The molecule has 10 heavy (non-hydrogen) atoms. The van der Waals surface area contributed by atoms with E-state index in [0.29, 0.717) is 0 Å². The molecule has 62 valence electrons. The van der Waals surface area contributed by atoms with Gasteiger partial charge in [0.25, 0.3) is 0 Å². The van der Waals surface area contributed by atoms with Crippen LogP contribution >= 0.6 is 0 Å². The molecule has 0 spiro atoms. The molecule has 0 aromatic rings. The molecule has 0 atom stereocenters. The lowest BCUT2D eigenvalue weighted by atomic mass is 11.7. The fourth-order valence-corrected chi connectivity index (χ4v) is 7.75. The van der Waals surface area contributed by atoms with E-state index in [1.165, 1.54) is 0 Å². The topological polar surface area (TPSA) is 29.5 Å². The minimum atomic E-state index is -1.70. The zero-order valence-electron chi connectivity index (χ0n) is 7.56. The Hall–Kier alpha value is 0.354. The van der Waals surface area contributed by atoms with E-state index >= 15 is 0 Å². The van der Waals surface area contributed by atoms with Crippen molar-refractivity contribution in [3.63, 3.8) is 0 Å². The molecule has 0 aliphatic rings.